The van der Waals surface area contributed by atoms with Crippen LogP contribution in [0.5, 0.6) is 0 Å². The second-order valence-corrected chi connectivity index (χ2v) is 8.98. The molecule has 6 nitrogen and oxygen atoms in total. The molecule has 1 aromatic carbocycles. The fourth-order valence-corrected chi connectivity index (χ4v) is 5.55. The third kappa shape index (κ3) is 2.75. The number of carboxylic acid groups (broad SMARTS) is 1. The maximum Gasteiger partial charge on any atom is 0.335 e. The first kappa shape index (κ1) is 16.6. The van der Waals surface area contributed by atoms with Crippen molar-refractivity contribution in [2.45, 2.75) is 44.7 Å². The summed E-state index contributed by atoms with van der Waals surface area (Å²) in [6, 6.07) is 5.29. The van der Waals surface area contributed by atoms with Crippen molar-refractivity contribution < 1.29 is 18.3 Å². The molecule has 1 aromatic heterocycles. The molecule has 7 heteroatoms. The summed E-state index contributed by atoms with van der Waals surface area (Å²) in [4.78, 5) is 13.8. The molecule has 4 rings (SSSR count). The minimum absolute atomic E-state index is 0.193. The number of carboxylic acids is 1. The van der Waals surface area contributed by atoms with Gasteiger partial charge in [-0.25, -0.2) is 17.2 Å². The van der Waals surface area contributed by atoms with Gasteiger partial charge in [0, 0.05) is 36.6 Å². The maximum absolute atomic E-state index is 12.4. The molecule has 0 atom stereocenters. The second-order valence-electron chi connectivity index (χ2n) is 7.15. The van der Waals surface area contributed by atoms with Crippen molar-refractivity contribution >= 4 is 26.9 Å². The summed E-state index contributed by atoms with van der Waals surface area (Å²) in [5.74, 6) is -0.994. The van der Waals surface area contributed by atoms with Crippen molar-refractivity contribution in [1.29, 1.82) is 0 Å². The Kier molecular flexibility index (Phi) is 3.88. The van der Waals surface area contributed by atoms with Gasteiger partial charge in [0.1, 0.15) is 0 Å². The number of benzene rings is 1. The van der Waals surface area contributed by atoms with Gasteiger partial charge in [0.2, 0.25) is 10.0 Å². The number of hydrogen-bond donors (Lipinski definition) is 1. The Morgan fingerprint density at radius 2 is 1.96 bits per heavy atom. The van der Waals surface area contributed by atoms with Gasteiger partial charge in [-0.3, -0.25) is 4.90 Å². The van der Waals surface area contributed by atoms with Crippen LogP contribution in [0.4, 0.5) is 0 Å². The molecule has 0 amide bonds. The highest BCUT2D eigenvalue weighted by Crippen LogP contribution is 2.35. The van der Waals surface area contributed by atoms with Crippen LogP contribution in [-0.4, -0.2) is 47.2 Å². The van der Waals surface area contributed by atoms with Crippen LogP contribution in [0.25, 0.3) is 10.9 Å². The van der Waals surface area contributed by atoms with E-state index in [9.17, 15) is 18.3 Å². The fraction of sp³-hybridized carbons (Fsp3) is 0.500. The predicted octanol–water partition coefficient (Wildman–Crippen LogP) is 2.45. The number of nitrogens with zero attached hydrogens (tertiary/aromatic N) is 2. The summed E-state index contributed by atoms with van der Waals surface area (Å²) in [6.45, 7) is 1.55. The average molecular weight is 362 g/mol. The topological polar surface area (TPSA) is 79.6 Å². The number of aromatic nitrogens is 1. The Hall–Kier alpha value is -1.86. The Morgan fingerprint density at radius 1 is 1.24 bits per heavy atom. The van der Waals surface area contributed by atoms with Gasteiger partial charge in [0.15, 0.2) is 0 Å². The zero-order chi connectivity index (χ0) is 17.8. The molecule has 0 unspecified atom stereocenters. The molecule has 0 saturated heterocycles. The van der Waals surface area contributed by atoms with Crippen LogP contribution in [0.3, 0.4) is 0 Å². The van der Waals surface area contributed by atoms with Crippen molar-refractivity contribution in [3.05, 3.63) is 35.0 Å². The molecule has 0 radical (unpaired) electrons. The number of rotatable bonds is 3. The van der Waals surface area contributed by atoms with Crippen LogP contribution in [0.2, 0.25) is 0 Å². The molecular weight excluding hydrogens is 340 g/mol. The summed E-state index contributed by atoms with van der Waals surface area (Å²) in [7, 11) is -3.45. The van der Waals surface area contributed by atoms with Gasteiger partial charge < -0.3 is 5.11 Å². The van der Waals surface area contributed by atoms with Gasteiger partial charge >= 0.3 is 5.97 Å². The standard InChI is InChI=1S/C18H22N2O4S/c1-25(23,24)20-16-7-6-12(18(21)22)10-14(16)15-11-19(9-8-17(15)20)13-4-2-3-5-13/h6-7,10,13H,2-5,8-9,11H2,1H3,(H,21,22). The van der Waals surface area contributed by atoms with Gasteiger partial charge in [-0.2, -0.15) is 0 Å². The summed E-state index contributed by atoms with van der Waals surface area (Å²) in [5, 5.41) is 10.1. The zero-order valence-electron chi connectivity index (χ0n) is 14.2. The number of fused-ring (bicyclic) bond motifs is 3. The summed E-state index contributed by atoms with van der Waals surface area (Å²) < 4.78 is 26.2. The van der Waals surface area contributed by atoms with E-state index in [0.717, 1.165) is 23.2 Å². The van der Waals surface area contributed by atoms with Crippen molar-refractivity contribution in [2.24, 2.45) is 0 Å². The van der Waals surface area contributed by atoms with Gasteiger partial charge in [-0.15, -0.1) is 0 Å². The summed E-state index contributed by atoms with van der Waals surface area (Å²) >= 11 is 0. The van der Waals surface area contributed by atoms with Crippen molar-refractivity contribution in [1.82, 2.24) is 8.87 Å². The van der Waals surface area contributed by atoms with E-state index >= 15 is 0 Å². The molecule has 1 fully saturated rings. The van der Waals surface area contributed by atoms with Crippen LogP contribution in [-0.2, 0) is 23.0 Å². The van der Waals surface area contributed by atoms with Gasteiger partial charge in [-0.1, -0.05) is 12.8 Å². The van der Waals surface area contributed by atoms with E-state index in [0.29, 0.717) is 24.5 Å². The Balaban J connectivity index is 1.89. The summed E-state index contributed by atoms with van der Waals surface area (Å²) in [6.07, 6.45) is 6.78. The molecule has 0 bridgehead atoms. The first-order valence-electron chi connectivity index (χ1n) is 8.70. The molecule has 1 aliphatic carbocycles. The Labute approximate surface area is 147 Å². The number of carbonyl (C=O) groups is 1. The molecule has 2 aromatic rings. The van der Waals surface area contributed by atoms with E-state index in [2.05, 4.69) is 4.90 Å². The molecule has 1 N–H and O–H groups in total. The number of aromatic carboxylic acids is 1. The SMILES string of the molecule is CS(=O)(=O)n1c2c(c3cc(C(=O)O)ccc31)CN(C1CCCC1)CC2. The molecule has 0 spiro atoms. The van der Waals surface area contributed by atoms with Crippen LogP contribution in [0, 0.1) is 0 Å². The molecular formula is C18H22N2O4S. The third-order valence-corrected chi connectivity index (χ3v) is 6.63. The first-order valence-corrected chi connectivity index (χ1v) is 10.5. The average Bonchev–Trinajstić information content (AvgIpc) is 3.19. The van der Waals surface area contributed by atoms with E-state index in [1.165, 1.54) is 42.0 Å². The smallest absolute Gasteiger partial charge is 0.335 e. The lowest BCUT2D eigenvalue weighted by Crippen LogP contribution is -2.38. The predicted molar refractivity (Wildman–Crippen MR) is 95.5 cm³/mol. The zero-order valence-corrected chi connectivity index (χ0v) is 15.1. The van der Waals surface area contributed by atoms with E-state index < -0.39 is 16.0 Å². The van der Waals surface area contributed by atoms with Crippen molar-refractivity contribution in [3.8, 4) is 0 Å². The number of hydrogen-bond acceptors (Lipinski definition) is 4. The van der Waals surface area contributed by atoms with Crippen LogP contribution in [0.1, 0.15) is 47.3 Å². The van der Waals surface area contributed by atoms with E-state index in [1.807, 2.05) is 0 Å². The van der Waals surface area contributed by atoms with Gasteiger partial charge in [-0.05, 0) is 36.6 Å². The van der Waals surface area contributed by atoms with Crippen LogP contribution < -0.4 is 0 Å². The van der Waals surface area contributed by atoms with E-state index in [-0.39, 0.29) is 5.56 Å². The maximum atomic E-state index is 12.4. The molecule has 2 aliphatic rings. The van der Waals surface area contributed by atoms with Crippen molar-refractivity contribution in [2.75, 3.05) is 12.8 Å². The van der Waals surface area contributed by atoms with Crippen molar-refractivity contribution in [3.63, 3.8) is 0 Å². The van der Waals surface area contributed by atoms with E-state index in [1.54, 1.807) is 12.1 Å². The van der Waals surface area contributed by atoms with Gasteiger partial charge in [0.25, 0.3) is 0 Å². The molecule has 25 heavy (non-hydrogen) atoms. The second kappa shape index (κ2) is 5.85. The van der Waals surface area contributed by atoms with Crippen LogP contribution >= 0.6 is 0 Å². The molecule has 1 saturated carbocycles. The lowest BCUT2D eigenvalue weighted by molar-refractivity contribution is 0.0697. The Morgan fingerprint density at radius 3 is 2.60 bits per heavy atom. The quantitative estimate of drug-likeness (QED) is 0.907. The first-order chi connectivity index (χ1) is 11.9. The lowest BCUT2D eigenvalue weighted by Gasteiger charge is -2.32. The van der Waals surface area contributed by atoms with Crippen LogP contribution in [0.15, 0.2) is 18.2 Å². The van der Waals surface area contributed by atoms with E-state index in [4.69, 9.17) is 0 Å². The highest BCUT2D eigenvalue weighted by atomic mass is 32.2. The molecule has 1 aliphatic heterocycles. The molecule has 2 heterocycles. The lowest BCUT2D eigenvalue weighted by atomic mass is 10.0. The Bertz CT molecular complexity index is 955. The minimum Gasteiger partial charge on any atom is -0.478 e. The minimum atomic E-state index is -3.45. The largest absolute Gasteiger partial charge is 0.478 e. The normalized spacial score (nSPS) is 19.4. The monoisotopic (exact) mass is 362 g/mol. The summed E-state index contributed by atoms with van der Waals surface area (Å²) in [5.41, 5.74) is 2.57. The fourth-order valence-electron chi connectivity index (χ4n) is 4.43. The highest BCUT2D eigenvalue weighted by molar-refractivity contribution is 7.89. The van der Waals surface area contributed by atoms with Gasteiger partial charge in [0.05, 0.1) is 17.3 Å². The molecule has 134 valence electrons. The third-order valence-electron chi connectivity index (χ3n) is 5.55. The highest BCUT2D eigenvalue weighted by Gasteiger charge is 2.31.